The van der Waals surface area contributed by atoms with Crippen LogP contribution in [-0.4, -0.2) is 124 Å². The van der Waals surface area contributed by atoms with Gasteiger partial charge < -0.3 is 48.5 Å². The zero-order chi connectivity index (χ0) is 28.8. The van der Waals surface area contributed by atoms with Crippen molar-refractivity contribution in [1.82, 2.24) is 0 Å². The van der Waals surface area contributed by atoms with E-state index in [4.69, 9.17) is 33.2 Å². The highest BCUT2D eigenvalue weighted by molar-refractivity contribution is 4.79. The van der Waals surface area contributed by atoms with Crippen LogP contribution in [0.1, 0.15) is 27.7 Å². The van der Waals surface area contributed by atoms with Crippen molar-refractivity contribution in [2.75, 3.05) is 72.7 Å². The Bertz CT molecular complexity index is 600. The zero-order valence-electron chi connectivity index (χ0n) is 23.8. The van der Waals surface area contributed by atoms with Crippen LogP contribution in [0.25, 0.3) is 0 Å². The number of hydrogen-bond acceptors (Lipinski definition) is 10. The van der Waals surface area contributed by atoms with Gasteiger partial charge in [-0.15, -0.1) is 19.7 Å². The summed E-state index contributed by atoms with van der Waals surface area (Å²) in [6.45, 7) is 20.7. The fraction of sp³-hybridized carbons (Fsp3) is 0.786. The smallest absolute Gasteiger partial charge is 0.107 e. The fourth-order valence-electron chi connectivity index (χ4n) is 2.95. The van der Waals surface area contributed by atoms with E-state index in [-0.39, 0.29) is 52.2 Å². The first-order chi connectivity index (χ1) is 18.1. The average molecular weight is 549 g/mol. The Labute approximate surface area is 229 Å². The Balaban J connectivity index is 4.84. The minimum atomic E-state index is -0.829. The first kappa shape index (κ1) is 36.8. The number of ether oxygens (including phenoxy) is 7. The van der Waals surface area contributed by atoms with Crippen molar-refractivity contribution in [3.05, 3.63) is 38.0 Å². The van der Waals surface area contributed by atoms with E-state index in [1.54, 1.807) is 18.2 Å². The van der Waals surface area contributed by atoms with Gasteiger partial charge in [0.1, 0.15) is 24.4 Å². The van der Waals surface area contributed by atoms with Gasteiger partial charge in [-0.25, -0.2) is 0 Å². The van der Waals surface area contributed by atoms with Gasteiger partial charge in [-0.05, 0) is 20.8 Å². The summed E-state index contributed by atoms with van der Waals surface area (Å²) in [5.74, 6) is -0.0117. The summed E-state index contributed by atoms with van der Waals surface area (Å²) >= 11 is 0. The van der Waals surface area contributed by atoms with Gasteiger partial charge in [0, 0.05) is 5.92 Å². The van der Waals surface area contributed by atoms with Crippen molar-refractivity contribution in [3.8, 4) is 0 Å². The van der Waals surface area contributed by atoms with Gasteiger partial charge in [-0.2, -0.15) is 0 Å². The standard InChI is InChI=1S/C28H52O10/c1-8-11-32-15-24(29)18-35-14-22(4)28(6,7)38-21-27(37-20-26(31)17-34-13-10-3)23(5)36-19-25(30)16-33-12-9-2/h8-10,22-27,29-31H,1-3,11-21H2,4-7H3. The van der Waals surface area contributed by atoms with Crippen LogP contribution in [0.4, 0.5) is 0 Å². The van der Waals surface area contributed by atoms with Gasteiger partial charge in [0.15, 0.2) is 0 Å². The largest absolute Gasteiger partial charge is 0.388 e. The molecule has 0 amide bonds. The van der Waals surface area contributed by atoms with Gasteiger partial charge in [-0.1, -0.05) is 25.2 Å². The minimum Gasteiger partial charge on any atom is -0.388 e. The summed E-state index contributed by atoms with van der Waals surface area (Å²) in [6, 6.07) is 0. The highest BCUT2D eigenvalue weighted by Crippen LogP contribution is 2.23. The van der Waals surface area contributed by atoms with Crippen LogP contribution in [0.2, 0.25) is 0 Å². The van der Waals surface area contributed by atoms with E-state index in [2.05, 4.69) is 19.7 Å². The third kappa shape index (κ3) is 19.0. The van der Waals surface area contributed by atoms with Crippen molar-refractivity contribution in [2.45, 2.75) is 63.8 Å². The molecule has 6 atom stereocenters. The minimum absolute atomic E-state index is 0.0117. The molecule has 0 aromatic heterocycles. The molecule has 0 spiro atoms. The Kier molecular flexibility index (Phi) is 21.9. The maximum absolute atomic E-state index is 10.2. The Morgan fingerprint density at radius 1 is 0.605 bits per heavy atom. The Hall–Kier alpha value is -1.18. The fourth-order valence-corrected chi connectivity index (χ4v) is 2.95. The van der Waals surface area contributed by atoms with Gasteiger partial charge in [0.25, 0.3) is 0 Å². The lowest BCUT2D eigenvalue weighted by molar-refractivity contribution is -0.162. The predicted molar refractivity (Wildman–Crippen MR) is 146 cm³/mol. The summed E-state index contributed by atoms with van der Waals surface area (Å²) < 4.78 is 39.4. The van der Waals surface area contributed by atoms with Gasteiger partial charge in [-0.3, -0.25) is 0 Å². The number of rotatable bonds is 27. The summed E-state index contributed by atoms with van der Waals surface area (Å²) in [5.41, 5.74) is -0.588. The topological polar surface area (TPSA) is 125 Å². The summed E-state index contributed by atoms with van der Waals surface area (Å²) in [7, 11) is 0. The molecular formula is C28H52O10. The molecule has 38 heavy (non-hydrogen) atoms. The molecule has 0 aliphatic carbocycles. The molecule has 0 rings (SSSR count). The monoisotopic (exact) mass is 548 g/mol. The molecule has 0 aliphatic rings. The maximum Gasteiger partial charge on any atom is 0.107 e. The van der Waals surface area contributed by atoms with Crippen molar-refractivity contribution in [1.29, 1.82) is 0 Å². The molecule has 0 aromatic carbocycles. The van der Waals surface area contributed by atoms with E-state index in [1.807, 2.05) is 27.7 Å². The lowest BCUT2D eigenvalue weighted by Gasteiger charge is -2.35. The second-order valence-electron chi connectivity index (χ2n) is 9.70. The molecule has 0 saturated carbocycles. The van der Waals surface area contributed by atoms with Gasteiger partial charge >= 0.3 is 0 Å². The molecular weight excluding hydrogens is 496 g/mol. The zero-order valence-corrected chi connectivity index (χ0v) is 23.8. The maximum atomic E-state index is 10.2. The highest BCUT2D eigenvalue weighted by Gasteiger charge is 2.30. The van der Waals surface area contributed by atoms with E-state index in [0.29, 0.717) is 26.4 Å². The van der Waals surface area contributed by atoms with Crippen LogP contribution < -0.4 is 0 Å². The van der Waals surface area contributed by atoms with E-state index in [9.17, 15) is 15.3 Å². The molecule has 0 aromatic rings. The molecule has 0 bridgehead atoms. The molecule has 0 radical (unpaired) electrons. The SMILES string of the molecule is C=CCOCC(O)COCC(C)C(C)(C)OCC(OCC(O)COCC=C)C(C)OCC(O)COCC=C. The quantitative estimate of drug-likeness (QED) is 0.104. The van der Waals surface area contributed by atoms with Crippen LogP contribution in [-0.2, 0) is 33.2 Å². The molecule has 3 N–H and O–H groups in total. The summed E-state index contributed by atoms with van der Waals surface area (Å²) in [6.07, 6.45) is 1.51. The normalized spacial score (nSPS) is 16.8. The van der Waals surface area contributed by atoms with Crippen LogP contribution >= 0.6 is 0 Å². The van der Waals surface area contributed by atoms with Crippen LogP contribution in [0.3, 0.4) is 0 Å². The molecule has 10 nitrogen and oxygen atoms in total. The van der Waals surface area contributed by atoms with E-state index < -0.39 is 36.1 Å². The van der Waals surface area contributed by atoms with Gasteiger partial charge in [0.2, 0.25) is 0 Å². The van der Waals surface area contributed by atoms with E-state index in [1.165, 1.54) is 0 Å². The molecule has 0 fully saturated rings. The third-order valence-electron chi connectivity index (χ3n) is 5.70. The summed E-state index contributed by atoms with van der Waals surface area (Å²) in [5, 5.41) is 30.2. The van der Waals surface area contributed by atoms with Crippen LogP contribution in [0, 0.1) is 5.92 Å². The number of aliphatic hydroxyl groups excluding tert-OH is 3. The lowest BCUT2D eigenvalue weighted by atomic mass is 9.93. The Morgan fingerprint density at radius 2 is 1.03 bits per heavy atom. The number of hydrogen-bond donors (Lipinski definition) is 3. The highest BCUT2D eigenvalue weighted by atomic mass is 16.6. The van der Waals surface area contributed by atoms with Crippen molar-refractivity contribution in [2.24, 2.45) is 5.92 Å². The van der Waals surface area contributed by atoms with E-state index in [0.717, 1.165) is 0 Å². The van der Waals surface area contributed by atoms with Crippen LogP contribution in [0.5, 0.6) is 0 Å². The van der Waals surface area contributed by atoms with Gasteiger partial charge in [0.05, 0.1) is 84.4 Å². The Morgan fingerprint density at radius 3 is 1.50 bits per heavy atom. The second-order valence-corrected chi connectivity index (χ2v) is 9.70. The first-order valence-electron chi connectivity index (χ1n) is 13.1. The van der Waals surface area contributed by atoms with Crippen molar-refractivity contribution >= 4 is 0 Å². The molecule has 0 heterocycles. The lowest BCUT2D eigenvalue weighted by Crippen LogP contribution is -2.43. The average Bonchev–Trinajstić information content (AvgIpc) is 2.87. The number of aliphatic hydroxyl groups is 3. The second kappa shape index (κ2) is 22.6. The van der Waals surface area contributed by atoms with E-state index >= 15 is 0 Å². The predicted octanol–water partition coefficient (Wildman–Crippen LogP) is 1.92. The third-order valence-corrected chi connectivity index (χ3v) is 5.70. The van der Waals surface area contributed by atoms with Crippen molar-refractivity contribution in [3.63, 3.8) is 0 Å². The summed E-state index contributed by atoms with van der Waals surface area (Å²) in [4.78, 5) is 0. The van der Waals surface area contributed by atoms with Crippen LogP contribution in [0.15, 0.2) is 38.0 Å². The molecule has 0 saturated heterocycles. The first-order valence-corrected chi connectivity index (χ1v) is 13.1. The van der Waals surface area contributed by atoms with Crippen molar-refractivity contribution < 1.29 is 48.5 Å². The molecule has 6 unspecified atom stereocenters. The molecule has 0 aliphatic heterocycles. The molecule has 224 valence electrons. The molecule has 10 heteroatoms.